The first-order chi connectivity index (χ1) is 7.89. The number of fused-ring (bicyclic) bond motifs is 1. The predicted octanol–water partition coefficient (Wildman–Crippen LogP) is 2.61. The van der Waals surface area contributed by atoms with Gasteiger partial charge in [-0.25, -0.2) is 0 Å². The maximum atomic E-state index is 11.9. The summed E-state index contributed by atoms with van der Waals surface area (Å²) in [6, 6.07) is 0. The van der Waals surface area contributed by atoms with Crippen molar-refractivity contribution in [3.05, 3.63) is 16.0 Å². The molecular formula is C13H20N2OS. The van der Waals surface area contributed by atoms with Crippen LogP contribution in [0.3, 0.4) is 0 Å². The Kier molecular flexibility index (Phi) is 3.27. The highest BCUT2D eigenvalue weighted by Gasteiger charge is 2.25. The molecule has 0 aliphatic heterocycles. The van der Waals surface area contributed by atoms with E-state index in [-0.39, 0.29) is 5.91 Å². The van der Waals surface area contributed by atoms with Crippen LogP contribution in [0.1, 0.15) is 42.7 Å². The van der Waals surface area contributed by atoms with Gasteiger partial charge in [-0.05, 0) is 57.6 Å². The number of hydrogen-bond acceptors (Lipinski definition) is 3. The molecule has 0 radical (unpaired) electrons. The Morgan fingerprint density at radius 2 is 2.00 bits per heavy atom. The first-order valence-corrected chi connectivity index (χ1v) is 6.92. The number of nitrogens with one attached hydrogen (secondary N) is 1. The molecule has 3 N–H and O–H groups in total. The highest BCUT2D eigenvalue weighted by molar-refractivity contribution is 7.16. The van der Waals surface area contributed by atoms with Gasteiger partial charge in [0.15, 0.2) is 0 Å². The summed E-state index contributed by atoms with van der Waals surface area (Å²) in [6.45, 7) is 5.55. The van der Waals surface area contributed by atoms with E-state index in [1.165, 1.54) is 28.8 Å². The zero-order valence-corrected chi connectivity index (χ0v) is 11.5. The molecule has 0 bridgehead atoms. The quantitative estimate of drug-likeness (QED) is 0.850. The van der Waals surface area contributed by atoms with Crippen molar-refractivity contribution in [2.75, 3.05) is 5.32 Å². The average molecular weight is 252 g/mol. The van der Waals surface area contributed by atoms with Crippen LogP contribution in [0.5, 0.6) is 0 Å². The summed E-state index contributed by atoms with van der Waals surface area (Å²) < 4.78 is 0. The zero-order chi connectivity index (χ0) is 12.6. The Labute approximate surface area is 106 Å². The molecule has 0 saturated carbocycles. The Morgan fingerprint density at radius 1 is 1.35 bits per heavy atom. The summed E-state index contributed by atoms with van der Waals surface area (Å²) in [6.07, 6.45) is 4.84. The molecule has 0 atom stereocenters. The molecular weight excluding hydrogens is 232 g/mol. The highest BCUT2D eigenvalue weighted by Crippen LogP contribution is 2.37. The van der Waals surface area contributed by atoms with Gasteiger partial charge in [-0.3, -0.25) is 4.79 Å². The number of thiophene rings is 1. The standard InChI is InChI=1S/C13H20N2OS/c1-8-9-6-4-5-7-10(9)17-11(8)15-12(16)13(2,3)14/h4-7,14H2,1-3H3,(H,15,16). The number of aryl methyl sites for hydroxylation is 1. The Bertz CT molecular complexity index is 443. The van der Waals surface area contributed by atoms with Gasteiger partial charge < -0.3 is 11.1 Å². The van der Waals surface area contributed by atoms with E-state index in [1.54, 1.807) is 25.2 Å². The summed E-state index contributed by atoms with van der Waals surface area (Å²) in [5.41, 5.74) is 7.66. The minimum atomic E-state index is -0.822. The van der Waals surface area contributed by atoms with E-state index < -0.39 is 5.54 Å². The molecule has 0 spiro atoms. The summed E-state index contributed by atoms with van der Waals surface area (Å²) in [5, 5.41) is 3.95. The maximum absolute atomic E-state index is 11.9. The van der Waals surface area contributed by atoms with Gasteiger partial charge in [-0.15, -0.1) is 11.3 Å². The molecule has 1 amide bonds. The number of amides is 1. The van der Waals surface area contributed by atoms with E-state index in [0.717, 1.165) is 17.8 Å². The molecule has 4 heteroatoms. The van der Waals surface area contributed by atoms with Crippen molar-refractivity contribution < 1.29 is 4.79 Å². The predicted molar refractivity (Wildman–Crippen MR) is 72.6 cm³/mol. The van der Waals surface area contributed by atoms with Crippen molar-refractivity contribution >= 4 is 22.2 Å². The molecule has 0 fully saturated rings. The second-order valence-electron chi connectivity index (χ2n) is 5.34. The summed E-state index contributed by atoms with van der Waals surface area (Å²) in [7, 11) is 0. The van der Waals surface area contributed by atoms with Crippen LogP contribution in [-0.2, 0) is 17.6 Å². The van der Waals surface area contributed by atoms with Crippen molar-refractivity contribution in [3.8, 4) is 0 Å². The van der Waals surface area contributed by atoms with Crippen molar-refractivity contribution in [1.29, 1.82) is 0 Å². The second-order valence-corrected chi connectivity index (χ2v) is 6.45. The lowest BCUT2D eigenvalue weighted by molar-refractivity contribution is -0.120. The van der Waals surface area contributed by atoms with Gasteiger partial charge in [-0.1, -0.05) is 0 Å². The summed E-state index contributed by atoms with van der Waals surface area (Å²) in [4.78, 5) is 13.3. The fourth-order valence-corrected chi connectivity index (χ4v) is 3.40. The van der Waals surface area contributed by atoms with E-state index in [4.69, 9.17) is 5.73 Å². The highest BCUT2D eigenvalue weighted by atomic mass is 32.1. The Balaban J connectivity index is 2.23. The van der Waals surface area contributed by atoms with Gasteiger partial charge in [0.2, 0.25) is 5.91 Å². The average Bonchev–Trinajstić information content (AvgIpc) is 2.55. The van der Waals surface area contributed by atoms with Crippen LogP contribution < -0.4 is 11.1 Å². The van der Waals surface area contributed by atoms with Crippen molar-refractivity contribution in [3.63, 3.8) is 0 Å². The van der Waals surface area contributed by atoms with Crippen LogP contribution in [0.15, 0.2) is 0 Å². The maximum Gasteiger partial charge on any atom is 0.244 e. The summed E-state index contributed by atoms with van der Waals surface area (Å²) >= 11 is 1.72. The van der Waals surface area contributed by atoms with Crippen LogP contribution >= 0.6 is 11.3 Å². The lowest BCUT2D eigenvalue weighted by atomic mass is 9.96. The fourth-order valence-electron chi connectivity index (χ4n) is 2.11. The van der Waals surface area contributed by atoms with E-state index in [9.17, 15) is 4.79 Å². The number of hydrogen-bond donors (Lipinski definition) is 2. The minimum Gasteiger partial charge on any atom is -0.318 e. The van der Waals surface area contributed by atoms with E-state index in [2.05, 4.69) is 12.2 Å². The van der Waals surface area contributed by atoms with E-state index in [0.29, 0.717) is 0 Å². The second kappa shape index (κ2) is 4.42. The minimum absolute atomic E-state index is 0.112. The number of carbonyl (C=O) groups is 1. The van der Waals surface area contributed by atoms with Crippen molar-refractivity contribution in [1.82, 2.24) is 0 Å². The van der Waals surface area contributed by atoms with E-state index in [1.807, 2.05) is 0 Å². The van der Waals surface area contributed by atoms with Crippen molar-refractivity contribution in [2.45, 2.75) is 52.0 Å². The van der Waals surface area contributed by atoms with Gasteiger partial charge in [-0.2, -0.15) is 0 Å². The first-order valence-electron chi connectivity index (χ1n) is 6.11. The third-order valence-electron chi connectivity index (χ3n) is 3.25. The largest absolute Gasteiger partial charge is 0.318 e. The van der Waals surface area contributed by atoms with Crippen molar-refractivity contribution in [2.24, 2.45) is 5.73 Å². The molecule has 94 valence electrons. The lowest BCUT2D eigenvalue weighted by Gasteiger charge is -2.17. The SMILES string of the molecule is Cc1c(NC(=O)C(C)(C)N)sc2c1CCCC2. The fraction of sp³-hybridized carbons (Fsp3) is 0.615. The monoisotopic (exact) mass is 252 g/mol. The molecule has 0 unspecified atom stereocenters. The van der Waals surface area contributed by atoms with Crippen LogP contribution in [-0.4, -0.2) is 11.4 Å². The smallest absolute Gasteiger partial charge is 0.244 e. The van der Waals surface area contributed by atoms with E-state index >= 15 is 0 Å². The zero-order valence-electron chi connectivity index (χ0n) is 10.7. The van der Waals surface area contributed by atoms with Gasteiger partial charge in [0.05, 0.1) is 10.5 Å². The number of carbonyl (C=O) groups excluding carboxylic acids is 1. The number of rotatable bonds is 2. The molecule has 1 aliphatic carbocycles. The van der Waals surface area contributed by atoms with Gasteiger partial charge in [0, 0.05) is 4.88 Å². The number of nitrogens with two attached hydrogens (primary N) is 1. The molecule has 1 aromatic rings. The third kappa shape index (κ3) is 2.53. The Hall–Kier alpha value is -0.870. The normalized spacial score (nSPS) is 15.5. The molecule has 1 heterocycles. The topological polar surface area (TPSA) is 55.1 Å². The van der Waals surface area contributed by atoms with Crippen LogP contribution in [0, 0.1) is 6.92 Å². The summed E-state index contributed by atoms with van der Waals surface area (Å²) in [5.74, 6) is -0.112. The third-order valence-corrected chi connectivity index (χ3v) is 4.56. The van der Waals surface area contributed by atoms with Gasteiger partial charge in [0.25, 0.3) is 0 Å². The molecule has 3 nitrogen and oxygen atoms in total. The first kappa shape index (κ1) is 12.6. The Morgan fingerprint density at radius 3 is 2.59 bits per heavy atom. The molecule has 0 saturated heterocycles. The van der Waals surface area contributed by atoms with Gasteiger partial charge in [0.1, 0.15) is 0 Å². The lowest BCUT2D eigenvalue weighted by Crippen LogP contribution is -2.45. The molecule has 1 aliphatic rings. The van der Waals surface area contributed by atoms with Crippen LogP contribution in [0.2, 0.25) is 0 Å². The number of anilines is 1. The molecule has 1 aromatic heterocycles. The molecule has 0 aromatic carbocycles. The molecule has 17 heavy (non-hydrogen) atoms. The van der Waals surface area contributed by atoms with Crippen LogP contribution in [0.25, 0.3) is 0 Å². The van der Waals surface area contributed by atoms with Crippen LogP contribution in [0.4, 0.5) is 5.00 Å². The van der Waals surface area contributed by atoms with Gasteiger partial charge >= 0.3 is 0 Å². The molecule has 2 rings (SSSR count).